The molecule has 0 aliphatic carbocycles. The molecule has 2 aromatic rings. The number of nitrogens with zero attached hydrogens (tertiary/aromatic N) is 3. The molecule has 4 rings (SSSR count). The number of carbonyl (C=O) groups is 1. The number of para-hydroxylation sites is 1. The van der Waals surface area contributed by atoms with Gasteiger partial charge in [-0.3, -0.25) is 9.69 Å². The van der Waals surface area contributed by atoms with Gasteiger partial charge >= 0.3 is 0 Å². The normalized spacial score (nSPS) is 24.5. The topological polar surface area (TPSA) is 89.2 Å². The molecule has 3 heterocycles. The zero-order valence-corrected chi connectivity index (χ0v) is 13.5. The van der Waals surface area contributed by atoms with E-state index in [9.17, 15) is 10.1 Å². The lowest BCUT2D eigenvalue weighted by atomic mass is 10.1. The molecule has 2 aliphatic rings. The number of amides is 1. The first-order valence-electron chi connectivity index (χ1n) is 8.50. The number of fused-ring (bicyclic) bond motifs is 1. The van der Waals surface area contributed by atoms with E-state index in [1.54, 1.807) is 0 Å². The van der Waals surface area contributed by atoms with E-state index in [0.717, 1.165) is 55.6 Å². The van der Waals surface area contributed by atoms with Crippen molar-refractivity contribution in [1.82, 2.24) is 9.88 Å². The summed E-state index contributed by atoms with van der Waals surface area (Å²) in [6.45, 7) is 2.64. The SMILES string of the molecule is N#Cc1c(N2CC[C@H](N3CCC[C@H]3C(N)=O)C2)[nH]c2ccccc12. The average Bonchev–Trinajstić information content (AvgIpc) is 3.30. The summed E-state index contributed by atoms with van der Waals surface area (Å²) >= 11 is 0. The predicted molar refractivity (Wildman–Crippen MR) is 92.6 cm³/mol. The van der Waals surface area contributed by atoms with Gasteiger partial charge in [0.05, 0.1) is 6.04 Å². The number of benzene rings is 1. The summed E-state index contributed by atoms with van der Waals surface area (Å²) < 4.78 is 0. The number of hydrogen-bond acceptors (Lipinski definition) is 4. The second-order valence-electron chi connectivity index (χ2n) is 6.69. The number of nitriles is 1. The number of rotatable bonds is 3. The molecule has 0 unspecified atom stereocenters. The second-order valence-corrected chi connectivity index (χ2v) is 6.69. The molecular weight excluding hydrogens is 302 g/mol. The number of anilines is 1. The molecule has 0 saturated carbocycles. The largest absolute Gasteiger partial charge is 0.368 e. The first kappa shape index (κ1) is 15.0. The summed E-state index contributed by atoms with van der Waals surface area (Å²) in [5, 5.41) is 10.6. The third-order valence-corrected chi connectivity index (χ3v) is 5.37. The fourth-order valence-electron chi connectivity index (χ4n) is 4.23. The molecule has 0 radical (unpaired) electrons. The Morgan fingerprint density at radius 3 is 2.92 bits per heavy atom. The molecule has 1 amide bonds. The molecule has 6 heteroatoms. The predicted octanol–water partition coefficient (Wildman–Crippen LogP) is 1.57. The molecule has 2 aliphatic heterocycles. The van der Waals surface area contributed by atoms with Gasteiger partial charge < -0.3 is 15.6 Å². The third-order valence-electron chi connectivity index (χ3n) is 5.37. The maximum atomic E-state index is 11.7. The number of aromatic amines is 1. The van der Waals surface area contributed by atoms with Crippen molar-refractivity contribution in [2.45, 2.75) is 31.3 Å². The number of aromatic nitrogens is 1. The highest BCUT2D eigenvalue weighted by Gasteiger charge is 2.38. The Hall–Kier alpha value is -2.52. The second kappa shape index (κ2) is 5.84. The van der Waals surface area contributed by atoms with Gasteiger partial charge in [0.15, 0.2) is 0 Å². The minimum absolute atomic E-state index is 0.131. The van der Waals surface area contributed by atoms with Crippen LogP contribution in [0.5, 0.6) is 0 Å². The first-order chi connectivity index (χ1) is 11.7. The van der Waals surface area contributed by atoms with Gasteiger partial charge in [-0.1, -0.05) is 18.2 Å². The number of carbonyl (C=O) groups excluding carboxylic acids is 1. The Kier molecular flexibility index (Phi) is 3.66. The van der Waals surface area contributed by atoms with Crippen LogP contribution in [0.2, 0.25) is 0 Å². The van der Waals surface area contributed by atoms with Gasteiger partial charge in [0, 0.05) is 30.0 Å². The van der Waals surface area contributed by atoms with Crippen LogP contribution in [0.15, 0.2) is 24.3 Å². The van der Waals surface area contributed by atoms with Crippen LogP contribution in [0.1, 0.15) is 24.8 Å². The van der Waals surface area contributed by atoms with E-state index in [-0.39, 0.29) is 11.9 Å². The van der Waals surface area contributed by atoms with E-state index in [0.29, 0.717) is 11.6 Å². The summed E-state index contributed by atoms with van der Waals surface area (Å²) in [5.74, 6) is 0.685. The fraction of sp³-hybridized carbons (Fsp3) is 0.444. The van der Waals surface area contributed by atoms with Gasteiger partial charge in [-0.15, -0.1) is 0 Å². The van der Waals surface area contributed by atoms with Gasteiger partial charge in [0.25, 0.3) is 0 Å². The number of primary amides is 1. The Labute approximate surface area is 140 Å². The number of nitrogens with one attached hydrogen (secondary N) is 1. The van der Waals surface area contributed by atoms with Crippen LogP contribution < -0.4 is 10.6 Å². The van der Waals surface area contributed by atoms with Crippen LogP contribution in [0, 0.1) is 11.3 Å². The molecule has 2 saturated heterocycles. The molecule has 2 fully saturated rings. The van der Waals surface area contributed by atoms with Crippen molar-refractivity contribution in [2.24, 2.45) is 5.73 Å². The van der Waals surface area contributed by atoms with Crippen molar-refractivity contribution in [3.63, 3.8) is 0 Å². The van der Waals surface area contributed by atoms with Crippen LogP contribution in [0.4, 0.5) is 5.82 Å². The molecule has 0 bridgehead atoms. The van der Waals surface area contributed by atoms with E-state index >= 15 is 0 Å². The summed E-state index contributed by atoms with van der Waals surface area (Å²) in [5.41, 5.74) is 7.25. The van der Waals surface area contributed by atoms with E-state index in [2.05, 4.69) is 20.9 Å². The maximum absolute atomic E-state index is 11.7. The molecule has 24 heavy (non-hydrogen) atoms. The summed E-state index contributed by atoms with van der Waals surface area (Å²) in [6.07, 6.45) is 2.88. The highest BCUT2D eigenvalue weighted by atomic mass is 16.1. The summed E-state index contributed by atoms with van der Waals surface area (Å²) in [6, 6.07) is 10.4. The lowest BCUT2D eigenvalue weighted by Crippen LogP contribution is -2.47. The van der Waals surface area contributed by atoms with Crippen molar-refractivity contribution in [3.05, 3.63) is 29.8 Å². The van der Waals surface area contributed by atoms with E-state index < -0.39 is 0 Å². The lowest BCUT2D eigenvalue weighted by molar-refractivity contribution is -0.122. The van der Waals surface area contributed by atoms with Crippen molar-refractivity contribution in [3.8, 4) is 6.07 Å². The minimum Gasteiger partial charge on any atom is -0.368 e. The van der Waals surface area contributed by atoms with Crippen LogP contribution >= 0.6 is 0 Å². The van der Waals surface area contributed by atoms with Crippen LogP contribution in [-0.4, -0.2) is 47.5 Å². The van der Waals surface area contributed by atoms with Crippen molar-refractivity contribution >= 4 is 22.6 Å². The standard InChI is InChI=1S/C18H21N5O/c19-10-14-13-4-1-2-5-15(13)21-18(14)22-9-7-12(11-22)23-8-3-6-16(23)17(20)24/h1-2,4-5,12,16,21H,3,6-9,11H2,(H2,20,24)/t12-,16-/m0/s1. The number of H-pyrrole nitrogens is 1. The smallest absolute Gasteiger partial charge is 0.234 e. The Bertz CT molecular complexity index is 820. The minimum atomic E-state index is -0.214. The van der Waals surface area contributed by atoms with Gasteiger partial charge in [-0.05, 0) is 31.9 Å². The quantitative estimate of drug-likeness (QED) is 0.897. The lowest BCUT2D eigenvalue weighted by Gasteiger charge is -2.28. The molecule has 1 aromatic heterocycles. The van der Waals surface area contributed by atoms with Gasteiger partial charge in [0.1, 0.15) is 17.5 Å². The highest BCUT2D eigenvalue weighted by molar-refractivity contribution is 5.91. The number of nitrogens with two attached hydrogens (primary N) is 1. The van der Waals surface area contributed by atoms with E-state index in [1.807, 2.05) is 24.3 Å². The van der Waals surface area contributed by atoms with Crippen LogP contribution in [0.3, 0.4) is 0 Å². The molecule has 0 spiro atoms. The zero-order chi connectivity index (χ0) is 16.7. The van der Waals surface area contributed by atoms with Crippen molar-refractivity contribution in [1.29, 1.82) is 5.26 Å². The van der Waals surface area contributed by atoms with Crippen molar-refractivity contribution in [2.75, 3.05) is 24.5 Å². The number of hydrogen-bond donors (Lipinski definition) is 2. The Morgan fingerprint density at radius 1 is 1.29 bits per heavy atom. The molecule has 1 aromatic carbocycles. The molecule has 3 N–H and O–H groups in total. The van der Waals surface area contributed by atoms with Crippen LogP contribution in [-0.2, 0) is 4.79 Å². The molecular formula is C18H21N5O. The summed E-state index contributed by atoms with van der Waals surface area (Å²) in [4.78, 5) is 19.5. The summed E-state index contributed by atoms with van der Waals surface area (Å²) in [7, 11) is 0. The third kappa shape index (κ3) is 2.33. The zero-order valence-electron chi connectivity index (χ0n) is 13.5. The van der Waals surface area contributed by atoms with Gasteiger partial charge in [0.2, 0.25) is 5.91 Å². The monoisotopic (exact) mass is 323 g/mol. The molecule has 2 atom stereocenters. The molecule has 124 valence electrons. The van der Waals surface area contributed by atoms with E-state index in [4.69, 9.17) is 5.73 Å². The maximum Gasteiger partial charge on any atom is 0.234 e. The van der Waals surface area contributed by atoms with E-state index in [1.165, 1.54) is 0 Å². The van der Waals surface area contributed by atoms with Crippen molar-refractivity contribution < 1.29 is 4.79 Å². The fourth-order valence-corrected chi connectivity index (χ4v) is 4.23. The average molecular weight is 323 g/mol. The van der Waals surface area contributed by atoms with Gasteiger partial charge in [-0.25, -0.2) is 0 Å². The first-order valence-corrected chi connectivity index (χ1v) is 8.50. The Balaban J connectivity index is 1.59. The Morgan fingerprint density at radius 2 is 2.12 bits per heavy atom. The number of likely N-dealkylation sites (tertiary alicyclic amines) is 1. The van der Waals surface area contributed by atoms with Gasteiger partial charge in [-0.2, -0.15) is 5.26 Å². The van der Waals surface area contributed by atoms with Crippen LogP contribution in [0.25, 0.3) is 10.9 Å². The molecule has 6 nitrogen and oxygen atoms in total. The highest BCUT2D eigenvalue weighted by Crippen LogP contribution is 2.32.